The summed E-state index contributed by atoms with van der Waals surface area (Å²) in [6.07, 6.45) is 9.02. The van der Waals surface area contributed by atoms with Gasteiger partial charge in [-0.05, 0) is 12.3 Å². The Kier molecular flexibility index (Phi) is 6.09. The first kappa shape index (κ1) is 11.0. The molecular weight excluding hydrogens is 146 g/mol. The number of rotatable bonds is 0. The van der Waals surface area contributed by atoms with E-state index in [4.69, 9.17) is 5.26 Å². The van der Waals surface area contributed by atoms with Gasteiger partial charge in [0.2, 0.25) is 0 Å². The van der Waals surface area contributed by atoms with E-state index in [0.717, 1.165) is 6.42 Å². The molecule has 0 saturated carbocycles. The van der Waals surface area contributed by atoms with Crippen LogP contribution in [-0.2, 0) is 0 Å². The number of hydrogen-bond donors (Lipinski definition) is 0. The number of nitrogens with zero attached hydrogens (tertiary/aromatic N) is 1. The third-order valence-electron chi connectivity index (χ3n) is 1.69. The van der Waals surface area contributed by atoms with Crippen LogP contribution in [0.2, 0.25) is 0 Å². The molecule has 1 nitrogen and oxygen atoms in total. The summed E-state index contributed by atoms with van der Waals surface area (Å²) < 4.78 is 0. The fourth-order valence-corrected chi connectivity index (χ4v) is 1.11. The SMILES string of the molecule is CC.CC1C=CC=CC(C#N)C1. The number of nitriles is 1. The van der Waals surface area contributed by atoms with Crippen molar-refractivity contribution in [3.05, 3.63) is 24.3 Å². The summed E-state index contributed by atoms with van der Waals surface area (Å²) in [5.74, 6) is 0.657. The van der Waals surface area contributed by atoms with Crippen LogP contribution in [0.5, 0.6) is 0 Å². The summed E-state index contributed by atoms with van der Waals surface area (Å²) in [4.78, 5) is 0. The second-order valence-corrected chi connectivity index (χ2v) is 2.72. The topological polar surface area (TPSA) is 23.8 Å². The molecule has 0 N–H and O–H groups in total. The summed E-state index contributed by atoms with van der Waals surface area (Å²) in [6.45, 7) is 6.13. The van der Waals surface area contributed by atoms with Crippen molar-refractivity contribution < 1.29 is 0 Å². The molecule has 1 heteroatoms. The lowest BCUT2D eigenvalue weighted by atomic mass is 9.98. The van der Waals surface area contributed by atoms with Crippen molar-refractivity contribution in [1.82, 2.24) is 0 Å². The van der Waals surface area contributed by atoms with E-state index in [1.165, 1.54) is 0 Å². The Labute approximate surface area is 75.4 Å². The van der Waals surface area contributed by atoms with E-state index in [1.54, 1.807) is 0 Å². The maximum Gasteiger partial charge on any atom is 0.0697 e. The predicted octanol–water partition coefficient (Wildman–Crippen LogP) is 3.30. The minimum absolute atomic E-state index is 0.116. The van der Waals surface area contributed by atoms with Gasteiger partial charge in [-0.15, -0.1) is 0 Å². The molecule has 1 rings (SSSR count). The normalized spacial score (nSPS) is 26.5. The van der Waals surface area contributed by atoms with Crippen molar-refractivity contribution in [1.29, 1.82) is 5.26 Å². The van der Waals surface area contributed by atoms with Crippen LogP contribution in [0.3, 0.4) is 0 Å². The second kappa shape index (κ2) is 6.67. The zero-order valence-corrected chi connectivity index (χ0v) is 8.12. The summed E-state index contributed by atoms with van der Waals surface area (Å²) in [6, 6.07) is 2.25. The molecule has 1 aliphatic carbocycles. The van der Waals surface area contributed by atoms with Gasteiger partial charge >= 0.3 is 0 Å². The highest BCUT2D eigenvalue weighted by Crippen LogP contribution is 2.16. The smallest absolute Gasteiger partial charge is 0.0697 e. The van der Waals surface area contributed by atoms with Gasteiger partial charge in [0.05, 0.1) is 12.0 Å². The van der Waals surface area contributed by atoms with Crippen molar-refractivity contribution >= 4 is 0 Å². The Morgan fingerprint density at radius 2 is 1.83 bits per heavy atom. The Bertz CT molecular complexity index is 196. The second-order valence-electron chi connectivity index (χ2n) is 2.72. The van der Waals surface area contributed by atoms with E-state index in [9.17, 15) is 0 Å². The van der Waals surface area contributed by atoms with Crippen LogP contribution in [-0.4, -0.2) is 0 Å². The van der Waals surface area contributed by atoms with Crippen LogP contribution >= 0.6 is 0 Å². The van der Waals surface area contributed by atoms with E-state index < -0.39 is 0 Å². The van der Waals surface area contributed by atoms with Gasteiger partial charge in [-0.1, -0.05) is 45.1 Å². The fraction of sp³-hybridized carbons (Fsp3) is 0.545. The van der Waals surface area contributed by atoms with Gasteiger partial charge in [0, 0.05) is 0 Å². The van der Waals surface area contributed by atoms with Crippen molar-refractivity contribution in [2.24, 2.45) is 11.8 Å². The van der Waals surface area contributed by atoms with Gasteiger partial charge < -0.3 is 0 Å². The molecule has 0 amide bonds. The zero-order chi connectivity index (χ0) is 9.40. The fourth-order valence-electron chi connectivity index (χ4n) is 1.11. The van der Waals surface area contributed by atoms with Gasteiger partial charge in [0.15, 0.2) is 0 Å². The lowest BCUT2D eigenvalue weighted by Gasteiger charge is -2.04. The Hall–Kier alpha value is -1.03. The average Bonchev–Trinajstić information content (AvgIpc) is 2.33. The minimum atomic E-state index is 0.116. The van der Waals surface area contributed by atoms with Gasteiger partial charge in [0.1, 0.15) is 0 Å². The van der Waals surface area contributed by atoms with Crippen molar-refractivity contribution in [3.8, 4) is 6.07 Å². The van der Waals surface area contributed by atoms with Crippen molar-refractivity contribution in [3.63, 3.8) is 0 Å². The first-order valence-corrected chi connectivity index (χ1v) is 4.57. The monoisotopic (exact) mass is 163 g/mol. The molecule has 12 heavy (non-hydrogen) atoms. The van der Waals surface area contributed by atoms with Gasteiger partial charge in [-0.25, -0.2) is 0 Å². The van der Waals surface area contributed by atoms with Gasteiger partial charge in [0.25, 0.3) is 0 Å². The third-order valence-corrected chi connectivity index (χ3v) is 1.69. The van der Waals surface area contributed by atoms with Gasteiger partial charge in [-0.2, -0.15) is 5.26 Å². The summed E-state index contributed by atoms with van der Waals surface area (Å²) in [5.41, 5.74) is 0. The standard InChI is InChI=1S/C9H11N.C2H6/c1-8-4-2-3-5-9(6-8)7-10;1-2/h2-5,8-9H,6H2,1H3;1-2H3. The first-order chi connectivity index (χ1) is 5.83. The first-order valence-electron chi connectivity index (χ1n) is 4.57. The Balaban J connectivity index is 0.000000561. The zero-order valence-electron chi connectivity index (χ0n) is 8.12. The van der Waals surface area contributed by atoms with E-state index in [1.807, 2.05) is 32.1 Å². The lowest BCUT2D eigenvalue weighted by Crippen LogP contribution is -1.97. The molecule has 0 radical (unpaired) electrons. The summed E-state index contributed by atoms with van der Waals surface area (Å²) in [5, 5.41) is 8.60. The van der Waals surface area contributed by atoms with E-state index in [2.05, 4.69) is 19.1 Å². The molecule has 0 fully saturated rings. The van der Waals surface area contributed by atoms with Crippen molar-refractivity contribution in [2.75, 3.05) is 0 Å². The Morgan fingerprint density at radius 3 is 2.42 bits per heavy atom. The van der Waals surface area contributed by atoms with Gasteiger partial charge in [-0.3, -0.25) is 0 Å². The predicted molar refractivity (Wildman–Crippen MR) is 52.5 cm³/mol. The van der Waals surface area contributed by atoms with Crippen LogP contribution < -0.4 is 0 Å². The maximum atomic E-state index is 8.60. The molecule has 0 aromatic heterocycles. The molecule has 0 aromatic carbocycles. The molecule has 2 unspecified atom stereocenters. The summed E-state index contributed by atoms with van der Waals surface area (Å²) >= 11 is 0. The Morgan fingerprint density at radius 1 is 1.25 bits per heavy atom. The molecule has 0 bridgehead atoms. The van der Waals surface area contributed by atoms with Crippen LogP contribution in [0.15, 0.2) is 24.3 Å². The molecule has 0 heterocycles. The van der Waals surface area contributed by atoms with Crippen LogP contribution in [0.25, 0.3) is 0 Å². The molecule has 0 aromatic rings. The highest BCUT2D eigenvalue weighted by molar-refractivity contribution is 5.13. The lowest BCUT2D eigenvalue weighted by molar-refractivity contribution is 0.593. The molecule has 0 spiro atoms. The molecule has 0 aliphatic heterocycles. The van der Waals surface area contributed by atoms with Crippen LogP contribution in [0, 0.1) is 23.2 Å². The minimum Gasteiger partial charge on any atom is -0.198 e. The molecule has 66 valence electrons. The molecule has 1 aliphatic rings. The van der Waals surface area contributed by atoms with Crippen LogP contribution in [0.1, 0.15) is 27.2 Å². The number of allylic oxidation sites excluding steroid dienone is 4. The van der Waals surface area contributed by atoms with Crippen molar-refractivity contribution in [2.45, 2.75) is 27.2 Å². The maximum absolute atomic E-state index is 8.60. The quantitative estimate of drug-likeness (QED) is 0.537. The largest absolute Gasteiger partial charge is 0.198 e. The number of hydrogen-bond acceptors (Lipinski definition) is 1. The van der Waals surface area contributed by atoms with E-state index >= 15 is 0 Å². The van der Waals surface area contributed by atoms with Crippen LogP contribution in [0.4, 0.5) is 0 Å². The highest BCUT2D eigenvalue weighted by Gasteiger charge is 2.08. The molecule has 2 atom stereocenters. The average molecular weight is 163 g/mol. The summed E-state index contributed by atoms with van der Waals surface area (Å²) in [7, 11) is 0. The molecule has 0 saturated heterocycles. The van der Waals surface area contributed by atoms with E-state index in [0.29, 0.717) is 5.92 Å². The third kappa shape index (κ3) is 3.98. The molecular formula is C11H17N. The highest BCUT2D eigenvalue weighted by atomic mass is 14.3. The van der Waals surface area contributed by atoms with E-state index in [-0.39, 0.29) is 5.92 Å².